The first kappa shape index (κ1) is 5.77. The van der Waals surface area contributed by atoms with Gasteiger partial charge >= 0.3 is 0 Å². The molecule has 0 radical (unpaired) electrons. The van der Waals surface area contributed by atoms with Crippen LogP contribution in [0.25, 0.3) is 16.7 Å². The van der Waals surface area contributed by atoms with Crippen molar-refractivity contribution in [3.05, 3.63) is 31.0 Å². The molecule has 3 heterocycles. The molecule has 0 aliphatic carbocycles. The monoisotopic (exact) mass is 158 g/mol. The van der Waals surface area contributed by atoms with Crippen LogP contribution in [0.5, 0.6) is 0 Å². The Morgan fingerprint density at radius 1 is 1.42 bits per heavy atom. The second-order valence-corrected chi connectivity index (χ2v) is 2.66. The van der Waals surface area contributed by atoms with E-state index < -0.39 is 0 Å². The van der Waals surface area contributed by atoms with Gasteiger partial charge in [0, 0.05) is 24.0 Å². The number of aromatic amines is 1. The van der Waals surface area contributed by atoms with Crippen molar-refractivity contribution in [2.75, 3.05) is 0 Å². The number of imidazole rings is 1. The minimum Gasteiger partial charge on any atom is -0.346 e. The lowest BCUT2D eigenvalue weighted by Gasteiger charge is -1.86. The minimum absolute atomic E-state index is 0.946. The summed E-state index contributed by atoms with van der Waals surface area (Å²) in [4.78, 5) is 11.2. The third-order valence-corrected chi connectivity index (χ3v) is 1.95. The Balaban J connectivity index is 2.68. The standard InChI is InChI=1S/C8H6N4/c1-2-12-7(10-1)3-6-4-9-5-11-8(6)12/h1-5,10H. The first-order chi connectivity index (χ1) is 5.95. The summed E-state index contributed by atoms with van der Waals surface area (Å²) in [6.07, 6.45) is 7.20. The molecule has 1 N–H and O–H groups in total. The molecule has 0 aliphatic heterocycles. The molecule has 3 rings (SSSR count). The van der Waals surface area contributed by atoms with E-state index in [2.05, 4.69) is 15.0 Å². The van der Waals surface area contributed by atoms with Crippen LogP contribution >= 0.6 is 0 Å². The predicted molar refractivity (Wildman–Crippen MR) is 44.8 cm³/mol. The number of rotatable bonds is 0. The SMILES string of the molecule is c1ncc2cc3[nH]ccn3c2n1. The number of H-pyrrole nitrogens is 1. The zero-order valence-corrected chi connectivity index (χ0v) is 6.23. The highest BCUT2D eigenvalue weighted by Crippen LogP contribution is 2.14. The third kappa shape index (κ3) is 0.567. The summed E-state index contributed by atoms with van der Waals surface area (Å²) in [5, 5.41) is 1.06. The van der Waals surface area contributed by atoms with E-state index in [1.165, 1.54) is 0 Å². The van der Waals surface area contributed by atoms with E-state index in [4.69, 9.17) is 0 Å². The summed E-state index contributed by atoms with van der Waals surface area (Å²) in [5.74, 6) is 0. The van der Waals surface area contributed by atoms with E-state index in [9.17, 15) is 0 Å². The van der Waals surface area contributed by atoms with Gasteiger partial charge in [0.2, 0.25) is 0 Å². The fourth-order valence-electron chi connectivity index (χ4n) is 1.43. The number of nitrogens with zero attached hydrogens (tertiary/aromatic N) is 3. The van der Waals surface area contributed by atoms with Crippen LogP contribution in [0, 0.1) is 0 Å². The summed E-state index contributed by atoms with van der Waals surface area (Å²) < 4.78 is 2.00. The van der Waals surface area contributed by atoms with Gasteiger partial charge in [-0.2, -0.15) is 0 Å². The number of hydrogen-bond donors (Lipinski definition) is 1. The van der Waals surface area contributed by atoms with Crippen LogP contribution in [0.4, 0.5) is 0 Å². The number of nitrogens with one attached hydrogen (secondary N) is 1. The normalized spacial score (nSPS) is 11.3. The van der Waals surface area contributed by atoms with E-state index in [1.54, 1.807) is 6.33 Å². The predicted octanol–water partition coefficient (Wildman–Crippen LogP) is 1.21. The molecule has 0 amide bonds. The smallest absolute Gasteiger partial charge is 0.149 e. The quantitative estimate of drug-likeness (QED) is 0.534. The molecule has 0 fully saturated rings. The van der Waals surface area contributed by atoms with E-state index in [0.717, 1.165) is 16.7 Å². The topological polar surface area (TPSA) is 46.0 Å². The first-order valence-corrected chi connectivity index (χ1v) is 3.69. The van der Waals surface area contributed by atoms with Crippen LogP contribution < -0.4 is 0 Å². The van der Waals surface area contributed by atoms with Crippen LogP contribution in [0.2, 0.25) is 0 Å². The maximum absolute atomic E-state index is 4.17. The highest BCUT2D eigenvalue weighted by molar-refractivity contribution is 5.81. The van der Waals surface area contributed by atoms with Gasteiger partial charge in [0.15, 0.2) is 0 Å². The Labute approximate surface area is 67.9 Å². The molecule has 0 aromatic carbocycles. The van der Waals surface area contributed by atoms with Gasteiger partial charge in [0.25, 0.3) is 0 Å². The fourth-order valence-corrected chi connectivity index (χ4v) is 1.43. The van der Waals surface area contributed by atoms with Crippen LogP contribution in [0.1, 0.15) is 0 Å². The van der Waals surface area contributed by atoms with Crippen molar-refractivity contribution >= 4 is 16.7 Å². The molecular formula is C8H6N4. The van der Waals surface area contributed by atoms with Crippen molar-refractivity contribution in [3.8, 4) is 0 Å². The second kappa shape index (κ2) is 1.85. The molecule has 0 aliphatic rings. The molecular weight excluding hydrogens is 152 g/mol. The Bertz CT molecular complexity index is 533. The maximum atomic E-state index is 4.17. The molecule has 4 heteroatoms. The van der Waals surface area contributed by atoms with Crippen molar-refractivity contribution in [2.45, 2.75) is 0 Å². The van der Waals surface area contributed by atoms with Crippen molar-refractivity contribution in [3.63, 3.8) is 0 Å². The second-order valence-electron chi connectivity index (χ2n) is 2.66. The lowest BCUT2D eigenvalue weighted by molar-refractivity contribution is 1.16. The molecule has 3 aromatic rings. The average molecular weight is 158 g/mol. The van der Waals surface area contributed by atoms with Gasteiger partial charge < -0.3 is 4.98 Å². The highest BCUT2D eigenvalue weighted by Gasteiger charge is 2.01. The summed E-state index contributed by atoms with van der Waals surface area (Å²) in [7, 11) is 0. The Morgan fingerprint density at radius 3 is 3.42 bits per heavy atom. The molecule has 0 bridgehead atoms. The van der Waals surface area contributed by atoms with Crippen molar-refractivity contribution < 1.29 is 0 Å². The van der Waals surface area contributed by atoms with Gasteiger partial charge in [-0.25, -0.2) is 9.97 Å². The van der Waals surface area contributed by atoms with Crippen molar-refractivity contribution in [1.82, 2.24) is 19.4 Å². The first-order valence-electron chi connectivity index (χ1n) is 3.69. The molecule has 0 unspecified atom stereocenters. The van der Waals surface area contributed by atoms with E-state index in [1.807, 2.05) is 29.1 Å². The lowest BCUT2D eigenvalue weighted by atomic mass is 10.4. The average Bonchev–Trinajstić information content (AvgIpc) is 2.62. The maximum Gasteiger partial charge on any atom is 0.149 e. The summed E-state index contributed by atoms with van der Waals surface area (Å²) in [6.45, 7) is 0. The number of aromatic nitrogens is 4. The molecule has 4 nitrogen and oxygen atoms in total. The van der Waals surface area contributed by atoms with E-state index in [-0.39, 0.29) is 0 Å². The largest absolute Gasteiger partial charge is 0.346 e. The molecule has 12 heavy (non-hydrogen) atoms. The van der Waals surface area contributed by atoms with Gasteiger partial charge in [-0.3, -0.25) is 4.40 Å². The molecule has 0 saturated carbocycles. The summed E-state index contributed by atoms with van der Waals surface area (Å²) >= 11 is 0. The minimum atomic E-state index is 0.946. The molecule has 0 atom stereocenters. The van der Waals surface area contributed by atoms with Crippen LogP contribution in [-0.2, 0) is 0 Å². The van der Waals surface area contributed by atoms with Gasteiger partial charge in [-0.05, 0) is 6.07 Å². The zero-order valence-electron chi connectivity index (χ0n) is 6.23. The van der Waals surface area contributed by atoms with E-state index >= 15 is 0 Å². The fraction of sp³-hybridized carbons (Fsp3) is 0. The van der Waals surface area contributed by atoms with Crippen molar-refractivity contribution in [2.24, 2.45) is 0 Å². The molecule has 0 spiro atoms. The van der Waals surface area contributed by atoms with Crippen LogP contribution in [-0.4, -0.2) is 19.4 Å². The Morgan fingerprint density at radius 2 is 2.42 bits per heavy atom. The van der Waals surface area contributed by atoms with Gasteiger partial charge in [-0.15, -0.1) is 0 Å². The third-order valence-electron chi connectivity index (χ3n) is 1.95. The van der Waals surface area contributed by atoms with E-state index in [0.29, 0.717) is 0 Å². The number of fused-ring (bicyclic) bond motifs is 3. The molecule has 3 aromatic heterocycles. The summed E-state index contributed by atoms with van der Waals surface area (Å²) in [6, 6.07) is 2.02. The van der Waals surface area contributed by atoms with Gasteiger partial charge in [0.1, 0.15) is 17.6 Å². The lowest BCUT2D eigenvalue weighted by Crippen LogP contribution is -1.81. The summed E-state index contributed by atoms with van der Waals surface area (Å²) in [5.41, 5.74) is 1.99. The van der Waals surface area contributed by atoms with Crippen LogP contribution in [0.3, 0.4) is 0 Å². The molecule has 58 valence electrons. The van der Waals surface area contributed by atoms with Crippen molar-refractivity contribution in [1.29, 1.82) is 0 Å². The molecule has 0 saturated heterocycles. The Hall–Kier alpha value is -1.84. The van der Waals surface area contributed by atoms with Gasteiger partial charge in [-0.1, -0.05) is 0 Å². The van der Waals surface area contributed by atoms with Gasteiger partial charge in [0.05, 0.1) is 0 Å². The number of hydrogen-bond acceptors (Lipinski definition) is 2. The zero-order chi connectivity index (χ0) is 7.97. The van der Waals surface area contributed by atoms with Crippen LogP contribution in [0.15, 0.2) is 31.0 Å². The Kier molecular flexibility index (Phi) is 0.889. The highest BCUT2D eigenvalue weighted by atomic mass is 15.1.